The number of hydrogen-bond donors (Lipinski definition) is 1. The molecule has 0 saturated heterocycles. The molecule has 0 bridgehead atoms. The van der Waals surface area contributed by atoms with Gasteiger partial charge in [0.25, 0.3) is 0 Å². The first kappa shape index (κ1) is 13.7. The minimum absolute atomic E-state index is 0.251. The summed E-state index contributed by atoms with van der Waals surface area (Å²) in [6.45, 7) is 3.88. The third-order valence-electron chi connectivity index (χ3n) is 2.74. The van der Waals surface area contributed by atoms with Crippen LogP contribution in [0.25, 0.3) is 0 Å². The van der Waals surface area contributed by atoms with E-state index in [-0.39, 0.29) is 5.78 Å². The normalized spacial score (nSPS) is 10.6. The van der Waals surface area contributed by atoms with Gasteiger partial charge in [-0.25, -0.2) is 0 Å². The molecule has 0 aromatic heterocycles. The lowest BCUT2D eigenvalue weighted by Gasteiger charge is -2.11. The maximum absolute atomic E-state index is 11.4. The summed E-state index contributed by atoms with van der Waals surface area (Å²) in [6, 6.07) is 5.30. The molecule has 1 aromatic rings. The van der Waals surface area contributed by atoms with Crippen LogP contribution >= 0.6 is 0 Å². The summed E-state index contributed by atoms with van der Waals surface area (Å²) in [5.41, 5.74) is 1.58. The maximum Gasteiger partial charge on any atom is 0.188 e. The average molecular weight is 236 g/mol. The molecule has 0 atom stereocenters. The van der Waals surface area contributed by atoms with E-state index in [0.717, 1.165) is 24.2 Å². The monoisotopic (exact) mass is 236 g/mol. The average Bonchev–Trinajstić information content (AvgIpc) is 2.34. The van der Waals surface area contributed by atoms with Crippen LogP contribution in [0.15, 0.2) is 18.2 Å². The number of Topliss-reactive ketones (excluding diaryl/α,β-unsaturated/α-hetero) is 1. The van der Waals surface area contributed by atoms with Crippen molar-refractivity contribution in [1.82, 2.24) is 0 Å². The van der Waals surface area contributed by atoms with Crippen LogP contribution in [0.5, 0.6) is 5.75 Å². The molecule has 1 aromatic carbocycles. The second kappa shape index (κ2) is 6.40. The van der Waals surface area contributed by atoms with E-state index in [4.69, 9.17) is 9.84 Å². The van der Waals surface area contributed by atoms with Crippen LogP contribution < -0.4 is 4.74 Å². The molecule has 0 aliphatic rings. The zero-order valence-corrected chi connectivity index (χ0v) is 10.7. The zero-order valence-electron chi connectivity index (χ0n) is 10.7. The molecule has 1 N–H and O–H groups in total. The summed E-state index contributed by atoms with van der Waals surface area (Å²) in [5, 5.41) is 8.84. The van der Waals surface area contributed by atoms with Crippen molar-refractivity contribution >= 4 is 5.78 Å². The Morgan fingerprint density at radius 3 is 2.65 bits per heavy atom. The Labute approximate surface area is 102 Å². The van der Waals surface area contributed by atoms with Crippen molar-refractivity contribution in [3.63, 3.8) is 0 Å². The van der Waals surface area contributed by atoms with E-state index < -0.39 is 6.61 Å². The summed E-state index contributed by atoms with van der Waals surface area (Å²) >= 11 is 0. The van der Waals surface area contributed by atoms with Gasteiger partial charge in [-0.2, -0.15) is 0 Å². The number of rotatable bonds is 6. The van der Waals surface area contributed by atoms with Gasteiger partial charge >= 0.3 is 0 Å². The molecule has 0 aliphatic heterocycles. The Morgan fingerprint density at radius 1 is 1.41 bits per heavy atom. The summed E-state index contributed by atoms with van der Waals surface area (Å²) in [4.78, 5) is 11.4. The largest absolute Gasteiger partial charge is 0.496 e. The number of ketones is 1. The fraction of sp³-hybridized carbons (Fsp3) is 0.500. The van der Waals surface area contributed by atoms with Gasteiger partial charge in [0.15, 0.2) is 5.78 Å². The van der Waals surface area contributed by atoms with Crippen LogP contribution in [0.2, 0.25) is 0 Å². The fourth-order valence-corrected chi connectivity index (χ4v) is 1.68. The molecule has 17 heavy (non-hydrogen) atoms. The van der Waals surface area contributed by atoms with E-state index in [2.05, 4.69) is 13.8 Å². The highest BCUT2D eigenvalue weighted by Gasteiger charge is 2.09. The first-order chi connectivity index (χ1) is 8.08. The maximum atomic E-state index is 11.4. The molecule has 0 unspecified atom stereocenters. The Morgan fingerprint density at radius 2 is 2.12 bits per heavy atom. The van der Waals surface area contributed by atoms with Crippen molar-refractivity contribution in [2.24, 2.45) is 5.92 Å². The van der Waals surface area contributed by atoms with E-state index in [1.165, 1.54) is 0 Å². The van der Waals surface area contributed by atoms with E-state index >= 15 is 0 Å². The molecular formula is C14H20O3. The lowest BCUT2D eigenvalue weighted by Crippen LogP contribution is -2.06. The summed E-state index contributed by atoms with van der Waals surface area (Å²) < 4.78 is 5.27. The third-order valence-corrected chi connectivity index (χ3v) is 2.74. The molecule has 0 fully saturated rings. The molecule has 94 valence electrons. The van der Waals surface area contributed by atoms with Crippen LogP contribution in [-0.2, 0) is 6.42 Å². The fourth-order valence-electron chi connectivity index (χ4n) is 1.68. The van der Waals surface area contributed by atoms with Gasteiger partial charge in [0, 0.05) is 5.56 Å². The number of methoxy groups -OCH3 is 1. The molecule has 0 aliphatic carbocycles. The highest BCUT2D eigenvalue weighted by atomic mass is 16.5. The minimum Gasteiger partial charge on any atom is -0.496 e. The van der Waals surface area contributed by atoms with Gasteiger partial charge in [-0.05, 0) is 42.5 Å². The lowest BCUT2D eigenvalue weighted by atomic mass is 9.99. The smallest absolute Gasteiger partial charge is 0.188 e. The molecule has 0 spiro atoms. The van der Waals surface area contributed by atoms with Gasteiger partial charge in [0.2, 0.25) is 0 Å². The highest BCUT2D eigenvalue weighted by molar-refractivity contribution is 5.97. The van der Waals surface area contributed by atoms with Crippen LogP contribution in [0.4, 0.5) is 0 Å². The molecule has 3 heteroatoms. The Bertz CT molecular complexity index is 383. The number of aryl methyl sites for hydroxylation is 1. The van der Waals surface area contributed by atoms with Crippen molar-refractivity contribution in [2.75, 3.05) is 13.7 Å². The van der Waals surface area contributed by atoms with Crippen molar-refractivity contribution in [1.29, 1.82) is 0 Å². The molecule has 0 radical (unpaired) electrons. The van der Waals surface area contributed by atoms with Gasteiger partial charge in [-0.15, -0.1) is 0 Å². The van der Waals surface area contributed by atoms with Crippen molar-refractivity contribution in [3.8, 4) is 5.75 Å². The van der Waals surface area contributed by atoms with Crippen LogP contribution in [-0.4, -0.2) is 24.6 Å². The number of benzene rings is 1. The molecule has 1 rings (SSSR count). The van der Waals surface area contributed by atoms with Gasteiger partial charge in [0.05, 0.1) is 7.11 Å². The van der Waals surface area contributed by atoms with Crippen LogP contribution in [0.3, 0.4) is 0 Å². The Kier molecular flexibility index (Phi) is 5.16. The predicted octanol–water partition coefficient (Wildman–Crippen LogP) is 2.46. The Balaban J connectivity index is 2.93. The number of carbonyl (C=O) groups is 1. The molecular weight excluding hydrogens is 216 g/mol. The van der Waals surface area contributed by atoms with Crippen molar-refractivity contribution < 1.29 is 14.6 Å². The van der Waals surface area contributed by atoms with Gasteiger partial charge in [-0.3, -0.25) is 4.79 Å². The van der Waals surface area contributed by atoms with E-state index in [1.54, 1.807) is 19.2 Å². The van der Waals surface area contributed by atoms with Crippen LogP contribution in [0, 0.1) is 5.92 Å². The number of carbonyl (C=O) groups excluding carboxylic acids is 1. The first-order valence-electron chi connectivity index (χ1n) is 5.89. The van der Waals surface area contributed by atoms with Crippen LogP contribution in [0.1, 0.15) is 36.2 Å². The third kappa shape index (κ3) is 3.86. The second-order valence-electron chi connectivity index (χ2n) is 4.54. The lowest BCUT2D eigenvalue weighted by molar-refractivity contribution is 0.0903. The topological polar surface area (TPSA) is 46.5 Å². The van der Waals surface area contributed by atoms with Gasteiger partial charge in [-0.1, -0.05) is 13.8 Å². The van der Waals surface area contributed by atoms with E-state index in [9.17, 15) is 4.79 Å². The minimum atomic E-state index is -0.448. The van der Waals surface area contributed by atoms with Gasteiger partial charge < -0.3 is 9.84 Å². The number of aliphatic hydroxyl groups is 1. The number of ether oxygens (including phenoxy) is 1. The quantitative estimate of drug-likeness (QED) is 0.772. The molecule has 0 saturated carbocycles. The molecule has 0 heterocycles. The molecule has 0 amide bonds. The van der Waals surface area contributed by atoms with Gasteiger partial charge in [0.1, 0.15) is 12.4 Å². The molecule has 3 nitrogen and oxygen atoms in total. The standard InChI is InChI=1S/C14H20O3/c1-10(2)4-5-12-8-11(13(16)9-15)6-7-14(12)17-3/h6-8,10,15H,4-5,9H2,1-3H3. The van der Waals surface area contributed by atoms with Crippen molar-refractivity contribution in [2.45, 2.75) is 26.7 Å². The summed E-state index contributed by atoms with van der Waals surface area (Å²) in [7, 11) is 1.63. The SMILES string of the molecule is COc1ccc(C(=O)CO)cc1CCC(C)C. The second-order valence-corrected chi connectivity index (χ2v) is 4.54. The predicted molar refractivity (Wildman–Crippen MR) is 67.6 cm³/mol. The summed E-state index contributed by atoms with van der Waals surface area (Å²) in [6.07, 6.45) is 1.93. The number of hydrogen-bond acceptors (Lipinski definition) is 3. The van der Waals surface area contributed by atoms with E-state index in [1.807, 2.05) is 6.07 Å². The Hall–Kier alpha value is -1.35. The van der Waals surface area contributed by atoms with E-state index in [0.29, 0.717) is 11.5 Å². The van der Waals surface area contributed by atoms with Crippen molar-refractivity contribution in [3.05, 3.63) is 29.3 Å². The first-order valence-corrected chi connectivity index (χ1v) is 5.89. The number of aliphatic hydroxyl groups excluding tert-OH is 1. The zero-order chi connectivity index (χ0) is 12.8. The summed E-state index contributed by atoms with van der Waals surface area (Å²) in [5.74, 6) is 1.16. The highest BCUT2D eigenvalue weighted by Crippen LogP contribution is 2.23.